The number of primary amides is 1. The molecule has 1 aromatic heterocycles. The van der Waals surface area contributed by atoms with Gasteiger partial charge in [0.05, 0.1) is 6.54 Å². The van der Waals surface area contributed by atoms with Gasteiger partial charge in [-0.25, -0.2) is 0 Å². The average molecular weight is 790 g/mol. The molecule has 0 aliphatic rings. The minimum atomic E-state index is -1.15. The van der Waals surface area contributed by atoms with Crippen LogP contribution in [0.5, 0.6) is 0 Å². The van der Waals surface area contributed by atoms with Crippen LogP contribution in [0.25, 0.3) is 10.9 Å². The van der Waals surface area contributed by atoms with E-state index in [1.807, 2.05) is 68.4 Å². The van der Waals surface area contributed by atoms with E-state index in [1.54, 1.807) is 6.20 Å². The summed E-state index contributed by atoms with van der Waals surface area (Å²) in [6.45, 7) is 3.95. The molecule has 0 unspecified atom stereocenters. The SMILES string of the molecule is CC(C)C[C@H](NC(=O)CNC(=O)[C@H](Cc1ccccc1)NC(=O)CCCCCN)C(=O)N[C@@H](CCCN=C(N)N)C(=O)N[C@@H](Cc1c[nH]c2ccccc12)C(N)=O. The summed E-state index contributed by atoms with van der Waals surface area (Å²) in [6, 6.07) is 12.4. The predicted molar refractivity (Wildman–Crippen MR) is 219 cm³/mol. The van der Waals surface area contributed by atoms with Gasteiger partial charge in [-0.05, 0) is 61.8 Å². The van der Waals surface area contributed by atoms with E-state index in [2.05, 4.69) is 36.6 Å². The number of benzene rings is 2. The Morgan fingerprint density at radius 1 is 0.702 bits per heavy atom. The Balaban J connectivity index is 1.70. The van der Waals surface area contributed by atoms with E-state index in [0.29, 0.717) is 19.4 Å². The first kappa shape index (κ1) is 45.4. The minimum absolute atomic E-state index is 0.0597. The van der Waals surface area contributed by atoms with Crippen molar-refractivity contribution >= 4 is 52.3 Å². The Kier molecular flexibility index (Phi) is 19.0. The van der Waals surface area contributed by atoms with Crippen LogP contribution in [0.2, 0.25) is 0 Å². The summed E-state index contributed by atoms with van der Waals surface area (Å²) in [4.78, 5) is 86.4. The molecule has 17 nitrogen and oxygen atoms in total. The zero-order valence-electron chi connectivity index (χ0n) is 32.9. The van der Waals surface area contributed by atoms with Crippen LogP contribution in [0.15, 0.2) is 65.8 Å². The lowest BCUT2D eigenvalue weighted by molar-refractivity contribution is -0.134. The first-order chi connectivity index (χ1) is 27.3. The number of unbranched alkanes of at least 4 members (excludes halogenated alkanes) is 2. The van der Waals surface area contributed by atoms with Crippen molar-refractivity contribution in [3.63, 3.8) is 0 Å². The Morgan fingerprint density at radius 3 is 2.05 bits per heavy atom. The first-order valence-electron chi connectivity index (χ1n) is 19.4. The predicted octanol–water partition coefficient (Wildman–Crippen LogP) is 0.113. The number of rotatable bonds is 25. The number of amides is 6. The van der Waals surface area contributed by atoms with E-state index in [-0.39, 0.29) is 56.4 Å². The molecule has 0 radical (unpaired) electrons. The number of nitrogens with one attached hydrogen (secondary N) is 6. The Labute approximate surface area is 333 Å². The quantitative estimate of drug-likeness (QED) is 0.0316. The molecule has 0 saturated carbocycles. The van der Waals surface area contributed by atoms with Gasteiger partial charge in [-0.15, -0.1) is 0 Å². The van der Waals surface area contributed by atoms with Crippen LogP contribution in [0.3, 0.4) is 0 Å². The molecule has 0 aliphatic carbocycles. The molecule has 0 spiro atoms. The molecule has 3 rings (SSSR count). The van der Waals surface area contributed by atoms with Gasteiger partial charge in [-0.3, -0.25) is 33.8 Å². The minimum Gasteiger partial charge on any atom is -0.370 e. The molecule has 57 heavy (non-hydrogen) atoms. The van der Waals surface area contributed by atoms with Crippen molar-refractivity contribution in [2.45, 2.75) is 95.8 Å². The summed E-state index contributed by atoms with van der Waals surface area (Å²) < 4.78 is 0. The summed E-state index contributed by atoms with van der Waals surface area (Å²) in [5.74, 6) is -3.79. The normalized spacial score (nSPS) is 13.1. The van der Waals surface area contributed by atoms with Gasteiger partial charge in [-0.1, -0.05) is 68.8 Å². The molecule has 310 valence electrons. The highest BCUT2D eigenvalue weighted by Crippen LogP contribution is 2.19. The smallest absolute Gasteiger partial charge is 0.243 e. The maximum Gasteiger partial charge on any atom is 0.243 e. The highest BCUT2D eigenvalue weighted by atomic mass is 16.2. The van der Waals surface area contributed by atoms with Gasteiger partial charge in [-0.2, -0.15) is 0 Å². The van der Waals surface area contributed by atoms with E-state index in [0.717, 1.165) is 34.9 Å². The molecule has 2 aromatic carbocycles. The van der Waals surface area contributed by atoms with Crippen LogP contribution in [-0.4, -0.2) is 90.2 Å². The van der Waals surface area contributed by atoms with Crippen molar-refractivity contribution in [1.82, 2.24) is 31.6 Å². The van der Waals surface area contributed by atoms with E-state index in [9.17, 15) is 28.8 Å². The number of aliphatic imine (C=N–C) groups is 1. The molecule has 4 atom stereocenters. The Hall–Kier alpha value is -5.97. The first-order valence-corrected chi connectivity index (χ1v) is 19.4. The number of hydrogen-bond acceptors (Lipinski definition) is 8. The van der Waals surface area contributed by atoms with E-state index < -0.39 is 60.2 Å². The molecular formula is C40H59N11O6. The van der Waals surface area contributed by atoms with Crippen LogP contribution in [-0.2, 0) is 41.6 Å². The van der Waals surface area contributed by atoms with Crippen molar-refractivity contribution in [1.29, 1.82) is 0 Å². The van der Waals surface area contributed by atoms with Crippen LogP contribution in [0, 0.1) is 5.92 Å². The highest BCUT2D eigenvalue weighted by molar-refractivity contribution is 5.95. The number of carbonyl (C=O) groups excluding carboxylic acids is 6. The lowest BCUT2D eigenvalue weighted by atomic mass is 10.0. The molecule has 0 aliphatic heterocycles. The summed E-state index contributed by atoms with van der Waals surface area (Å²) >= 11 is 0. The number of nitrogens with zero attached hydrogens (tertiary/aromatic N) is 1. The molecular weight excluding hydrogens is 731 g/mol. The third-order valence-electron chi connectivity index (χ3n) is 9.16. The third kappa shape index (κ3) is 16.3. The molecule has 1 heterocycles. The Bertz CT molecular complexity index is 1810. The van der Waals surface area contributed by atoms with Gasteiger partial charge < -0.3 is 54.5 Å². The van der Waals surface area contributed by atoms with Crippen LogP contribution in [0.4, 0.5) is 0 Å². The number of para-hydroxylation sites is 1. The lowest BCUT2D eigenvalue weighted by Crippen LogP contribution is -2.57. The van der Waals surface area contributed by atoms with Crippen molar-refractivity contribution < 1.29 is 28.8 Å². The molecule has 3 aromatic rings. The lowest BCUT2D eigenvalue weighted by Gasteiger charge is -2.26. The monoisotopic (exact) mass is 789 g/mol. The maximum atomic E-state index is 13.8. The number of aromatic nitrogens is 1. The number of nitrogens with two attached hydrogens (primary N) is 4. The summed E-state index contributed by atoms with van der Waals surface area (Å²) in [7, 11) is 0. The van der Waals surface area contributed by atoms with Crippen LogP contribution < -0.4 is 49.5 Å². The van der Waals surface area contributed by atoms with Crippen molar-refractivity contribution in [3.05, 3.63) is 71.9 Å². The van der Waals surface area contributed by atoms with Gasteiger partial charge >= 0.3 is 0 Å². The fourth-order valence-electron chi connectivity index (χ4n) is 6.23. The van der Waals surface area contributed by atoms with Crippen molar-refractivity contribution in [3.8, 4) is 0 Å². The largest absolute Gasteiger partial charge is 0.370 e. The third-order valence-corrected chi connectivity index (χ3v) is 9.16. The second-order valence-corrected chi connectivity index (χ2v) is 14.4. The van der Waals surface area contributed by atoms with E-state index >= 15 is 0 Å². The number of H-pyrrole nitrogens is 1. The van der Waals surface area contributed by atoms with Gasteiger partial charge in [0.1, 0.15) is 24.2 Å². The molecule has 6 amide bonds. The molecule has 0 bridgehead atoms. The zero-order valence-corrected chi connectivity index (χ0v) is 32.9. The maximum absolute atomic E-state index is 13.8. The summed E-state index contributed by atoms with van der Waals surface area (Å²) in [6.07, 6.45) is 5.06. The summed E-state index contributed by atoms with van der Waals surface area (Å²) in [5, 5.41) is 14.3. The average Bonchev–Trinajstić information content (AvgIpc) is 3.58. The second-order valence-electron chi connectivity index (χ2n) is 14.4. The van der Waals surface area contributed by atoms with Crippen molar-refractivity contribution in [2.24, 2.45) is 33.8 Å². The Morgan fingerprint density at radius 2 is 1.37 bits per heavy atom. The number of fused-ring (bicyclic) bond motifs is 1. The fourth-order valence-corrected chi connectivity index (χ4v) is 6.23. The topological polar surface area (TPSA) is 295 Å². The molecule has 0 fully saturated rings. The fraction of sp³-hybridized carbons (Fsp3) is 0.475. The number of carbonyl (C=O) groups is 6. The molecule has 17 heteroatoms. The zero-order chi connectivity index (χ0) is 41.7. The number of guanidine groups is 1. The second kappa shape index (κ2) is 23.8. The van der Waals surface area contributed by atoms with Crippen molar-refractivity contribution in [2.75, 3.05) is 19.6 Å². The number of aromatic amines is 1. The number of hydrogen-bond donors (Lipinski definition) is 10. The van der Waals surface area contributed by atoms with Gasteiger partial charge in [0.25, 0.3) is 0 Å². The summed E-state index contributed by atoms with van der Waals surface area (Å²) in [5.41, 5.74) is 24.6. The van der Waals surface area contributed by atoms with E-state index in [1.165, 1.54) is 0 Å². The molecule has 14 N–H and O–H groups in total. The van der Waals surface area contributed by atoms with Crippen LogP contribution >= 0.6 is 0 Å². The highest BCUT2D eigenvalue weighted by Gasteiger charge is 2.30. The van der Waals surface area contributed by atoms with Gasteiger partial charge in [0.2, 0.25) is 35.4 Å². The molecule has 0 saturated heterocycles. The van der Waals surface area contributed by atoms with Crippen LogP contribution in [0.1, 0.15) is 69.9 Å². The standard InChI is InChI=1S/C40H59N11O6/c1-25(2)20-32(49-35(53)24-47-37(55)33(21-26-12-5-3-6-13-26)48-34(52)17-7-4-10-18-41)39(57)50-30(16-11-19-45-40(43)44)38(56)51-31(36(42)54)22-27-23-46-29-15-9-8-14-28(27)29/h3,5-6,8-9,12-15,23,25,30-33,46H,4,7,10-11,16-22,24,41H2,1-2H3,(H2,42,54)(H,47,55)(H,48,52)(H,49,53)(H,50,57)(H,51,56)(H4,43,44,45)/t30-,31-,32-,33-/m0/s1. The van der Waals surface area contributed by atoms with E-state index in [4.69, 9.17) is 22.9 Å². The van der Waals surface area contributed by atoms with Gasteiger partial charge in [0, 0.05) is 42.9 Å². The van der Waals surface area contributed by atoms with Gasteiger partial charge in [0.15, 0.2) is 5.96 Å².